The zero-order valence-electron chi connectivity index (χ0n) is 12.8. The zero-order valence-corrected chi connectivity index (χ0v) is 12.8. The van der Waals surface area contributed by atoms with Crippen molar-refractivity contribution in [3.8, 4) is 0 Å². The molecule has 0 saturated carbocycles. The number of likely N-dealkylation sites (tertiary alicyclic amines) is 1. The lowest BCUT2D eigenvalue weighted by atomic mass is 9.95. The van der Waals surface area contributed by atoms with Crippen molar-refractivity contribution in [2.45, 2.75) is 39.3 Å². The van der Waals surface area contributed by atoms with E-state index in [0.29, 0.717) is 6.04 Å². The Morgan fingerprint density at radius 3 is 2.85 bits per heavy atom. The number of aliphatic hydroxyl groups is 1. The lowest BCUT2D eigenvalue weighted by molar-refractivity contribution is 0.141. The molecule has 0 aliphatic carbocycles. The van der Waals surface area contributed by atoms with Gasteiger partial charge < -0.3 is 10.4 Å². The molecule has 1 heterocycles. The summed E-state index contributed by atoms with van der Waals surface area (Å²) in [6, 6.07) is 9.24. The molecule has 2 N–H and O–H groups in total. The summed E-state index contributed by atoms with van der Waals surface area (Å²) in [5.41, 5.74) is 2.83. The minimum absolute atomic E-state index is 0.280. The Bertz CT molecular complexity index is 408. The van der Waals surface area contributed by atoms with Gasteiger partial charge >= 0.3 is 0 Å². The van der Waals surface area contributed by atoms with E-state index in [0.717, 1.165) is 32.0 Å². The second-order valence-electron chi connectivity index (χ2n) is 6.19. The highest BCUT2D eigenvalue weighted by Crippen LogP contribution is 2.19. The van der Waals surface area contributed by atoms with Gasteiger partial charge in [0.2, 0.25) is 0 Å². The Hall–Kier alpha value is -0.900. The summed E-state index contributed by atoms with van der Waals surface area (Å²) in [4.78, 5) is 2.56. The van der Waals surface area contributed by atoms with Crippen LogP contribution in [0.2, 0.25) is 0 Å². The number of benzene rings is 1. The van der Waals surface area contributed by atoms with Crippen molar-refractivity contribution in [3.63, 3.8) is 0 Å². The number of hydrogen-bond acceptors (Lipinski definition) is 3. The Kier molecular flexibility index (Phi) is 6.02. The summed E-state index contributed by atoms with van der Waals surface area (Å²) in [6.07, 6.45) is 2.10. The molecule has 3 nitrogen and oxygen atoms in total. The second-order valence-corrected chi connectivity index (χ2v) is 6.19. The molecular weight excluding hydrogens is 248 g/mol. The first-order valence-electron chi connectivity index (χ1n) is 7.80. The van der Waals surface area contributed by atoms with Crippen molar-refractivity contribution >= 4 is 0 Å². The molecule has 1 saturated heterocycles. The Morgan fingerprint density at radius 2 is 2.10 bits per heavy atom. The molecule has 1 aliphatic rings. The molecule has 0 bridgehead atoms. The standard InChI is InChI=1S/C17H28N2O/c1-14-10-17(18-8-5-9-20)13-19(11-14)12-16-7-4-3-6-15(16)2/h3-4,6-7,14,17-18,20H,5,8-13H2,1-2H3. The van der Waals surface area contributed by atoms with Gasteiger partial charge in [0.05, 0.1) is 0 Å². The van der Waals surface area contributed by atoms with E-state index in [-0.39, 0.29) is 6.61 Å². The summed E-state index contributed by atoms with van der Waals surface area (Å²) in [5, 5.41) is 12.5. The average molecular weight is 276 g/mol. The number of nitrogens with zero attached hydrogens (tertiary/aromatic N) is 1. The van der Waals surface area contributed by atoms with Gasteiger partial charge in [-0.25, -0.2) is 0 Å². The van der Waals surface area contributed by atoms with E-state index in [1.807, 2.05) is 0 Å². The molecule has 1 aliphatic heterocycles. The van der Waals surface area contributed by atoms with E-state index in [9.17, 15) is 0 Å². The van der Waals surface area contributed by atoms with Crippen molar-refractivity contribution in [2.24, 2.45) is 5.92 Å². The minimum Gasteiger partial charge on any atom is -0.396 e. The number of hydrogen-bond donors (Lipinski definition) is 2. The third-order valence-electron chi connectivity index (χ3n) is 4.16. The van der Waals surface area contributed by atoms with Gasteiger partial charge in [0.1, 0.15) is 0 Å². The monoisotopic (exact) mass is 276 g/mol. The van der Waals surface area contributed by atoms with Gasteiger partial charge in [-0.05, 0) is 43.4 Å². The largest absolute Gasteiger partial charge is 0.396 e. The first-order valence-corrected chi connectivity index (χ1v) is 7.80. The predicted octanol–water partition coefficient (Wildman–Crippen LogP) is 2.18. The zero-order chi connectivity index (χ0) is 14.4. The quantitative estimate of drug-likeness (QED) is 0.782. The summed E-state index contributed by atoms with van der Waals surface area (Å²) < 4.78 is 0. The Morgan fingerprint density at radius 1 is 1.30 bits per heavy atom. The van der Waals surface area contributed by atoms with E-state index in [2.05, 4.69) is 48.3 Å². The first-order chi connectivity index (χ1) is 9.69. The van der Waals surface area contributed by atoms with Crippen molar-refractivity contribution < 1.29 is 5.11 Å². The molecule has 2 atom stereocenters. The smallest absolute Gasteiger partial charge is 0.0443 e. The van der Waals surface area contributed by atoms with E-state index < -0.39 is 0 Å². The fraction of sp³-hybridized carbons (Fsp3) is 0.647. The molecular formula is C17H28N2O. The third kappa shape index (κ3) is 4.58. The molecule has 2 rings (SSSR count). The number of aliphatic hydroxyl groups excluding tert-OH is 1. The first kappa shape index (κ1) is 15.5. The summed E-state index contributed by atoms with van der Waals surface area (Å²) >= 11 is 0. The van der Waals surface area contributed by atoms with Gasteiger partial charge in [-0.2, -0.15) is 0 Å². The maximum atomic E-state index is 8.87. The third-order valence-corrected chi connectivity index (χ3v) is 4.16. The highest BCUT2D eigenvalue weighted by molar-refractivity contribution is 5.25. The molecule has 1 aromatic rings. The van der Waals surface area contributed by atoms with E-state index in [1.54, 1.807) is 0 Å². The van der Waals surface area contributed by atoms with Crippen LogP contribution in [-0.2, 0) is 6.54 Å². The highest BCUT2D eigenvalue weighted by atomic mass is 16.3. The van der Waals surface area contributed by atoms with Crippen LogP contribution in [0.15, 0.2) is 24.3 Å². The van der Waals surface area contributed by atoms with Gasteiger partial charge in [-0.1, -0.05) is 31.2 Å². The predicted molar refractivity (Wildman–Crippen MR) is 83.7 cm³/mol. The molecule has 20 heavy (non-hydrogen) atoms. The van der Waals surface area contributed by atoms with E-state index >= 15 is 0 Å². The van der Waals surface area contributed by atoms with Gasteiger partial charge in [-0.15, -0.1) is 0 Å². The second kappa shape index (κ2) is 7.77. The molecule has 0 radical (unpaired) electrons. The fourth-order valence-corrected chi connectivity index (χ4v) is 3.15. The van der Waals surface area contributed by atoms with Crippen LogP contribution < -0.4 is 5.32 Å². The summed E-state index contributed by atoms with van der Waals surface area (Å²) in [7, 11) is 0. The maximum absolute atomic E-state index is 8.87. The minimum atomic E-state index is 0.280. The van der Waals surface area contributed by atoms with Crippen LogP contribution in [-0.4, -0.2) is 42.3 Å². The van der Waals surface area contributed by atoms with Crippen LogP contribution in [0.4, 0.5) is 0 Å². The fourth-order valence-electron chi connectivity index (χ4n) is 3.15. The molecule has 1 fully saturated rings. The number of rotatable bonds is 6. The van der Waals surface area contributed by atoms with Crippen LogP contribution in [0.3, 0.4) is 0 Å². The van der Waals surface area contributed by atoms with Crippen LogP contribution in [0.25, 0.3) is 0 Å². The molecule has 2 unspecified atom stereocenters. The Balaban J connectivity index is 1.89. The van der Waals surface area contributed by atoms with Crippen LogP contribution in [0.5, 0.6) is 0 Å². The van der Waals surface area contributed by atoms with E-state index in [4.69, 9.17) is 5.11 Å². The SMILES string of the molecule is Cc1ccccc1CN1CC(C)CC(NCCCO)C1. The van der Waals surface area contributed by atoms with Crippen LogP contribution >= 0.6 is 0 Å². The van der Waals surface area contributed by atoms with Gasteiger partial charge in [-0.3, -0.25) is 4.90 Å². The van der Waals surface area contributed by atoms with Gasteiger partial charge in [0.15, 0.2) is 0 Å². The van der Waals surface area contributed by atoms with Crippen LogP contribution in [0.1, 0.15) is 30.9 Å². The van der Waals surface area contributed by atoms with Crippen molar-refractivity contribution in [1.82, 2.24) is 10.2 Å². The van der Waals surface area contributed by atoms with Crippen molar-refractivity contribution in [1.29, 1.82) is 0 Å². The molecule has 112 valence electrons. The summed E-state index contributed by atoms with van der Waals surface area (Å²) in [5.74, 6) is 0.736. The van der Waals surface area contributed by atoms with E-state index in [1.165, 1.54) is 24.1 Å². The normalized spacial score (nSPS) is 23.9. The van der Waals surface area contributed by atoms with Gasteiger partial charge in [0, 0.05) is 32.3 Å². The van der Waals surface area contributed by atoms with Crippen LogP contribution in [0, 0.1) is 12.8 Å². The molecule has 0 spiro atoms. The molecule has 0 aromatic heterocycles. The molecule has 1 aromatic carbocycles. The van der Waals surface area contributed by atoms with Crippen molar-refractivity contribution in [3.05, 3.63) is 35.4 Å². The lowest BCUT2D eigenvalue weighted by Gasteiger charge is -2.37. The Labute approximate surface area is 123 Å². The maximum Gasteiger partial charge on any atom is 0.0443 e. The number of piperidine rings is 1. The van der Waals surface area contributed by atoms with Gasteiger partial charge in [0.25, 0.3) is 0 Å². The summed E-state index contributed by atoms with van der Waals surface area (Å²) in [6.45, 7) is 9.09. The number of nitrogens with one attached hydrogen (secondary N) is 1. The average Bonchev–Trinajstić information content (AvgIpc) is 2.41. The molecule has 0 amide bonds. The topological polar surface area (TPSA) is 35.5 Å². The lowest BCUT2D eigenvalue weighted by Crippen LogP contribution is -2.48. The number of aryl methyl sites for hydroxylation is 1. The highest BCUT2D eigenvalue weighted by Gasteiger charge is 2.24. The van der Waals surface area contributed by atoms with Crippen molar-refractivity contribution in [2.75, 3.05) is 26.2 Å². The molecule has 3 heteroatoms.